The molecular weight excluding hydrogens is 180 g/mol. The van der Waals surface area contributed by atoms with E-state index >= 15 is 0 Å². The summed E-state index contributed by atoms with van der Waals surface area (Å²) < 4.78 is 0. The van der Waals surface area contributed by atoms with E-state index in [-0.39, 0.29) is 11.9 Å². The van der Waals surface area contributed by atoms with E-state index in [0.29, 0.717) is 6.54 Å². The zero-order chi connectivity index (χ0) is 10.0. The SMILES string of the molecule is O=C(NCC1(O)CCC1)C1CCCN1. The molecule has 2 fully saturated rings. The van der Waals surface area contributed by atoms with Crippen LogP contribution in [0.5, 0.6) is 0 Å². The molecule has 3 N–H and O–H groups in total. The van der Waals surface area contributed by atoms with Gasteiger partial charge in [0.05, 0.1) is 11.6 Å². The Morgan fingerprint density at radius 3 is 2.79 bits per heavy atom. The van der Waals surface area contributed by atoms with Gasteiger partial charge in [-0.05, 0) is 38.6 Å². The average Bonchev–Trinajstić information content (AvgIpc) is 2.63. The van der Waals surface area contributed by atoms with E-state index in [0.717, 1.165) is 38.6 Å². The summed E-state index contributed by atoms with van der Waals surface area (Å²) in [7, 11) is 0. The second kappa shape index (κ2) is 3.87. The highest BCUT2D eigenvalue weighted by Gasteiger charge is 2.35. The Hall–Kier alpha value is -0.610. The van der Waals surface area contributed by atoms with Gasteiger partial charge in [0.1, 0.15) is 0 Å². The fourth-order valence-corrected chi connectivity index (χ4v) is 2.04. The molecule has 2 aliphatic rings. The van der Waals surface area contributed by atoms with E-state index in [1.165, 1.54) is 0 Å². The molecule has 1 heterocycles. The smallest absolute Gasteiger partial charge is 0.237 e. The van der Waals surface area contributed by atoms with E-state index < -0.39 is 5.60 Å². The van der Waals surface area contributed by atoms with Gasteiger partial charge in [-0.25, -0.2) is 0 Å². The summed E-state index contributed by atoms with van der Waals surface area (Å²) in [6.45, 7) is 1.35. The summed E-state index contributed by atoms with van der Waals surface area (Å²) in [4.78, 5) is 11.5. The Morgan fingerprint density at radius 2 is 2.29 bits per heavy atom. The van der Waals surface area contributed by atoms with Crippen LogP contribution in [0.15, 0.2) is 0 Å². The molecule has 0 aromatic carbocycles. The molecule has 0 radical (unpaired) electrons. The Bertz CT molecular complexity index is 220. The summed E-state index contributed by atoms with van der Waals surface area (Å²) in [5.74, 6) is 0.0443. The lowest BCUT2D eigenvalue weighted by Gasteiger charge is -2.36. The number of carbonyl (C=O) groups is 1. The second-order valence-electron chi connectivity index (χ2n) is 4.44. The molecule has 1 saturated heterocycles. The van der Waals surface area contributed by atoms with Crippen molar-refractivity contribution in [1.29, 1.82) is 0 Å². The first-order valence-corrected chi connectivity index (χ1v) is 5.43. The first kappa shape index (κ1) is 9.93. The highest BCUT2D eigenvalue weighted by Crippen LogP contribution is 2.30. The summed E-state index contributed by atoms with van der Waals surface area (Å²) in [6.07, 6.45) is 4.72. The van der Waals surface area contributed by atoms with E-state index in [1.54, 1.807) is 0 Å². The van der Waals surface area contributed by atoms with Crippen molar-refractivity contribution >= 4 is 5.91 Å². The minimum Gasteiger partial charge on any atom is -0.388 e. The molecule has 14 heavy (non-hydrogen) atoms. The summed E-state index contributed by atoms with van der Waals surface area (Å²) in [6, 6.07) is -0.0290. The van der Waals surface area contributed by atoms with E-state index in [9.17, 15) is 9.90 Å². The maximum Gasteiger partial charge on any atom is 0.237 e. The van der Waals surface area contributed by atoms with E-state index in [2.05, 4.69) is 10.6 Å². The highest BCUT2D eigenvalue weighted by atomic mass is 16.3. The molecular formula is C10H18N2O2. The molecule has 4 heteroatoms. The number of hydrogen-bond acceptors (Lipinski definition) is 3. The number of nitrogens with one attached hydrogen (secondary N) is 2. The zero-order valence-corrected chi connectivity index (χ0v) is 8.38. The second-order valence-corrected chi connectivity index (χ2v) is 4.44. The topological polar surface area (TPSA) is 61.4 Å². The predicted octanol–water partition coefficient (Wildman–Crippen LogP) is -0.230. The maximum atomic E-state index is 11.5. The third-order valence-electron chi connectivity index (χ3n) is 3.25. The van der Waals surface area contributed by atoms with Crippen molar-refractivity contribution in [3.63, 3.8) is 0 Å². The molecule has 1 aliphatic carbocycles. The van der Waals surface area contributed by atoms with E-state index in [1.807, 2.05) is 0 Å². The average molecular weight is 198 g/mol. The van der Waals surface area contributed by atoms with Crippen LogP contribution in [-0.4, -0.2) is 35.7 Å². The van der Waals surface area contributed by atoms with Crippen molar-refractivity contribution in [2.75, 3.05) is 13.1 Å². The number of rotatable bonds is 3. The lowest BCUT2D eigenvalue weighted by molar-refractivity contribution is -0.125. The van der Waals surface area contributed by atoms with Crippen LogP contribution in [0.2, 0.25) is 0 Å². The first-order valence-electron chi connectivity index (χ1n) is 5.43. The molecule has 80 valence electrons. The van der Waals surface area contributed by atoms with Crippen LogP contribution in [0, 0.1) is 0 Å². The van der Waals surface area contributed by atoms with Crippen LogP contribution in [0.25, 0.3) is 0 Å². The van der Waals surface area contributed by atoms with Crippen LogP contribution in [0.3, 0.4) is 0 Å². The maximum absolute atomic E-state index is 11.5. The van der Waals surface area contributed by atoms with Gasteiger partial charge in [-0.15, -0.1) is 0 Å². The lowest BCUT2D eigenvalue weighted by Crippen LogP contribution is -2.51. The molecule has 2 rings (SSSR count). The first-order chi connectivity index (χ1) is 6.70. The lowest BCUT2D eigenvalue weighted by atomic mass is 9.80. The molecule has 1 saturated carbocycles. The van der Waals surface area contributed by atoms with Gasteiger partial charge in [0.15, 0.2) is 0 Å². The van der Waals surface area contributed by atoms with Crippen molar-refractivity contribution in [3.8, 4) is 0 Å². The molecule has 0 aromatic heterocycles. The van der Waals surface area contributed by atoms with Crippen LogP contribution in [0.4, 0.5) is 0 Å². The minimum absolute atomic E-state index is 0.0290. The molecule has 1 amide bonds. The standard InChI is InChI=1S/C10H18N2O2/c13-9(8-3-1-6-11-8)12-7-10(14)4-2-5-10/h8,11,14H,1-7H2,(H,12,13). The van der Waals surface area contributed by atoms with Crippen molar-refractivity contribution in [1.82, 2.24) is 10.6 Å². The Balaban J connectivity index is 1.71. The minimum atomic E-state index is -0.603. The third-order valence-corrected chi connectivity index (χ3v) is 3.25. The monoisotopic (exact) mass is 198 g/mol. The van der Waals surface area contributed by atoms with Crippen molar-refractivity contribution in [2.45, 2.75) is 43.7 Å². The normalized spacial score (nSPS) is 29.6. The zero-order valence-electron chi connectivity index (χ0n) is 8.38. The summed E-state index contributed by atoms with van der Waals surface area (Å²) >= 11 is 0. The van der Waals surface area contributed by atoms with Gasteiger partial charge in [0.25, 0.3) is 0 Å². The fourth-order valence-electron chi connectivity index (χ4n) is 2.04. The van der Waals surface area contributed by atoms with Gasteiger partial charge >= 0.3 is 0 Å². The van der Waals surface area contributed by atoms with Crippen LogP contribution >= 0.6 is 0 Å². The quantitative estimate of drug-likeness (QED) is 0.587. The van der Waals surface area contributed by atoms with Crippen molar-refractivity contribution in [2.24, 2.45) is 0 Å². The van der Waals surface area contributed by atoms with E-state index in [4.69, 9.17) is 0 Å². The Labute approximate surface area is 84.1 Å². The largest absolute Gasteiger partial charge is 0.388 e. The van der Waals surface area contributed by atoms with Gasteiger partial charge in [-0.1, -0.05) is 0 Å². The van der Waals surface area contributed by atoms with Crippen molar-refractivity contribution < 1.29 is 9.90 Å². The van der Waals surface area contributed by atoms with Gasteiger partial charge in [0, 0.05) is 6.54 Å². The van der Waals surface area contributed by atoms with Gasteiger partial charge < -0.3 is 15.7 Å². The molecule has 0 aromatic rings. The predicted molar refractivity (Wildman–Crippen MR) is 52.8 cm³/mol. The molecule has 0 bridgehead atoms. The summed E-state index contributed by atoms with van der Waals surface area (Å²) in [5, 5.41) is 15.7. The highest BCUT2D eigenvalue weighted by molar-refractivity contribution is 5.82. The third kappa shape index (κ3) is 2.07. The Kier molecular flexibility index (Phi) is 2.74. The van der Waals surface area contributed by atoms with Crippen molar-refractivity contribution in [3.05, 3.63) is 0 Å². The molecule has 1 atom stereocenters. The van der Waals surface area contributed by atoms with Crippen LogP contribution in [0.1, 0.15) is 32.1 Å². The molecule has 1 aliphatic heterocycles. The number of aliphatic hydroxyl groups is 1. The molecule has 4 nitrogen and oxygen atoms in total. The van der Waals surface area contributed by atoms with Gasteiger partial charge in [0.2, 0.25) is 5.91 Å². The number of amides is 1. The molecule has 1 unspecified atom stereocenters. The fraction of sp³-hybridized carbons (Fsp3) is 0.900. The molecule has 0 spiro atoms. The van der Waals surface area contributed by atoms with Crippen LogP contribution in [-0.2, 0) is 4.79 Å². The van der Waals surface area contributed by atoms with Crippen LogP contribution < -0.4 is 10.6 Å². The summed E-state index contributed by atoms with van der Waals surface area (Å²) in [5.41, 5.74) is -0.603. The van der Waals surface area contributed by atoms with Gasteiger partial charge in [-0.2, -0.15) is 0 Å². The van der Waals surface area contributed by atoms with Gasteiger partial charge in [-0.3, -0.25) is 4.79 Å². The number of hydrogen-bond donors (Lipinski definition) is 3. The number of carbonyl (C=O) groups excluding carboxylic acids is 1. The Morgan fingerprint density at radius 1 is 1.50 bits per heavy atom.